The normalized spacial score (nSPS) is 39.1. The molecule has 4 unspecified atom stereocenters. The van der Waals surface area contributed by atoms with Crippen molar-refractivity contribution in [3.05, 3.63) is 47.5 Å². The molecule has 0 N–H and O–H groups in total. The molecule has 1 aromatic rings. The van der Waals surface area contributed by atoms with Crippen LogP contribution >= 0.6 is 0 Å². The van der Waals surface area contributed by atoms with E-state index in [0.717, 1.165) is 38.5 Å². The average Bonchev–Trinajstić information content (AvgIpc) is 3.15. The number of benzene rings is 1. The van der Waals surface area contributed by atoms with Crippen molar-refractivity contribution >= 4 is 17.9 Å². The van der Waals surface area contributed by atoms with E-state index in [1.54, 1.807) is 12.1 Å². The quantitative estimate of drug-likeness (QED) is 0.306. The monoisotopic (exact) mass is 494 g/mol. The molecule has 0 aromatic heterocycles. The van der Waals surface area contributed by atoms with Crippen molar-refractivity contribution in [3.8, 4) is 0 Å². The molecule has 6 nitrogen and oxygen atoms in total. The van der Waals surface area contributed by atoms with Crippen LogP contribution in [0.15, 0.2) is 42.0 Å². The highest BCUT2D eigenvalue weighted by Gasteiger charge is 2.62. The van der Waals surface area contributed by atoms with Crippen molar-refractivity contribution in [2.24, 2.45) is 28.6 Å². The zero-order valence-electron chi connectivity index (χ0n) is 21.8. The number of hydrogen-bond donors (Lipinski definition) is 0. The van der Waals surface area contributed by atoms with Gasteiger partial charge in [-0.1, -0.05) is 37.6 Å². The lowest BCUT2D eigenvalue weighted by Gasteiger charge is -2.59. The third kappa shape index (κ3) is 4.26. The van der Waals surface area contributed by atoms with Gasteiger partial charge in [-0.25, -0.2) is 4.79 Å². The zero-order valence-corrected chi connectivity index (χ0v) is 21.8. The highest BCUT2D eigenvalue weighted by atomic mass is 16.6. The molecule has 0 saturated heterocycles. The highest BCUT2D eigenvalue weighted by Crippen LogP contribution is 2.65. The van der Waals surface area contributed by atoms with Crippen molar-refractivity contribution in [3.63, 3.8) is 0 Å². The molecule has 0 heterocycles. The lowest BCUT2D eigenvalue weighted by Crippen LogP contribution is -2.56. The Morgan fingerprint density at radius 3 is 2.25 bits per heavy atom. The molecule has 3 fully saturated rings. The second-order valence-corrected chi connectivity index (χ2v) is 11.8. The third-order valence-corrected chi connectivity index (χ3v) is 9.87. The first-order valence-electron chi connectivity index (χ1n) is 13.4. The van der Waals surface area contributed by atoms with Crippen molar-refractivity contribution in [2.45, 2.75) is 91.0 Å². The van der Waals surface area contributed by atoms with Crippen LogP contribution in [0.4, 0.5) is 0 Å². The molecule has 4 aliphatic rings. The number of esters is 3. The third-order valence-electron chi connectivity index (χ3n) is 9.87. The minimum absolute atomic E-state index is 0.0161. The second-order valence-electron chi connectivity index (χ2n) is 11.8. The van der Waals surface area contributed by atoms with Crippen LogP contribution in [0.25, 0.3) is 0 Å². The van der Waals surface area contributed by atoms with E-state index in [4.69, 9.17) is 14.2 Å². The molecule has 6 heteroatoms. The van der Waals surface area contributed by atoms with E-state index in [1.165, 1.54) is 19.4 Å². The topological polar surface area (TPSA) is 78.9 Å². The molecule has 3 saturated carbocycles. The molecule has 5 rings (SSSR count). The average molecular weight is 495 g/mol. The van der Waals surface area contributed by atoms with Crippen LogP contribution in [0.2, 0.25) is 0 Å². The predicted molar refractivity (Wildman–Crippen MR) is 134 cm³/mol. The maximum Gasteiger partial charge on any atom is 0.338 e. The van der Waals surface area contributed by atoms with Crippen molar-refractivity contribution in [2.75, 3.05) is 0 Å². The summed E-state index contributed by atoms with van der Waals surface area (Å²) in [6.45, 7) is 7.59. The second kappa shape index (κ2) is 9.35. The number of rotatable bonds is 4. The Bertz CT molecular complexity index is 1060. The molecule has 194 valence electrons. The fraction of sp³-hybridized carbons (Fsp3) is 0.633. The molecular weight excluding hydrogens is 456 g/mol. The van der Waals surface area contributed by atoms with Gasteiger partial charge in [0.05, 0.1) is 5.56 Å². The molecular formula is C30H38O6. The van der Waals surface area contributed by atoms with Crippen LogP contribution in [0, 0.1) is 28.6 Å². The number of hydrogen-bond acceptors (Lipinski definition) is 6. The van der Waals surface area contributed by atoms with Crippen LogP contribution < -0.4 is 0 Å². The van der Waals surface area contributed by atoms with Gasteiger partial charge in [-0.3, -0.25) is 9.59 Å². The minimum atomic E-state index is -0.306. The van der Waals surface area contributed by atoms with E-state index in [-0.39, 0.29) is 53.0 Å². The highest BCUT2D eigenvalue weighted by molar-refractivity contribution is 5.89. The van der Waals surface area contributed by atoms with Gasteiger partial charge in [-0.05, 0) is 74.0 Å². The van der Waals surface area contributed by atoms with Crippen molar-refractivity contribution in [1.29, 1.82) is 0 Å². The fourth-order valence-corrected chi connectivity index (χ4v) is 8.13. The molecule has 0 bridgehead atoms. The van der Waals surface area contributed by atoms with Crippen LogP contribution in [0.1, 0.15) is 83.0 Å². The van der Waals surface area contributed by atoms with Gasteiger partial charge < -0.3 is 14.2 Å². The Kier molecular flexibility index (Phi) is 6.50. The Labute approximate surface area is 213 Å². The summed E-state index contributed by atoms with van der Waals surface area (Å²) in [6, 6.07) is 9.12. The SMILES string of the molecule is CC(=O)OC1C=C2C[C@@H](OC(=O)c3ccccc3)CC[C@]2(C)C2CC[C@@]3(C)C(CC[C@@H]3OC(C)=O)C12. The Balaban J connectivity index is 1.42. The van der Waals surface area contributed by atoms with Crippen LogP contribution in [0.5, 0.6) is 0 Å². The Hall–Kier alpha value is -2.63. The van der Waals surface area contributed by atoms with Crippen LogP contribution in [0.3, 0.4) is 0 Å². The largest absolute Gasteiger partial charge is 0.462 e. The van der Waals surface area contributed by atoms with Crippen LogP contribution in [-0.4, -0.2) is 36.2 Å². The molecule has 4 aliphatic carbocycles. The molecule has 8 atom stereocenters. The van der Waals surface area contributed by atoms with Gasteiger partial charge in [0, 0.05) is 31.6 Å². The summed E-state index contributed by atoms with van der Waals surface area (Å²) in [4.78, 5) is 36.7. The maximum atomic E-state index is 12.7. The molecule has 0 amide bonds. The van der Waals surface area contributed by atoms with Gasteiger partial charge in [-0.2, -0.15) is 0 Å². The first-order valence-corrected chi connectivity index (χ1v) is 13.4. The first-order chi connectivity index (χ1) is 17.1. The summed E-state index contributed by atoms with van der Waals surface area (Å²) in [5.41, 5.74) is 1.70. The fourth-order valence-electron chi connectivity index (χ4n) is 8.13. The summed E-state index contributed by atoms with van der Waals surface area (Å²) in [5.74, 6) is 0.122. The maximum absolute atomic E-state index is 12.7. The summed E-state index contributed by atoms with van der Waals surface area (Å²) in [5, 5.41) is 0. The number of carbonyl (C=O) groups is 3. The summed E-state index contributed by atoms with van der Waals surface area (Å²) >= 11 is 0. The Morgan fingerprint density at radius 1 is 0.833 bits per heavy atom. The van der Waals surface area contributed by atoms with Gasteiger partial charge in [-0.15, -0.1) is 0 Å². The standard InChI is InChI=1S/C30H38O6/c1-18(31)34-25-17-21-16-22(36-28(33)20-8-6-5-7-9-20)12-14-29(21,3)24-13-15-30(4)23(27(24)25)10-11-26(30)35-19(2)32/h5-9,17,22-27H,10-16H2,1-4H3/t22-,23?,24?,25?,26-,27?,29-,30-/m0/s1. The summed E-state index contributed by atoms with van der Waals surface area (Å²) < 4.78 is 17.7. The molecule has 0 radical (unpaired) electrons. The Morgan fingerprint density at radius 2 is 1.56 bits per heavy atom. The first kappa shape index (κ1) is 25.0. The molecule has 0 spiro atoms. The van der Waals surface area contributed by atoms with Gasteiger partial charge >= 0.3 is 17.9 Å². The van der Waals surface area contributed by atoms with E-state index in [1.807, 2.05) is 18.2 Å². The van der Waals surface area contributed by atoms with E-state index in [2.05, 4.69) is 19.9 Å². The number of fused-ring (bicyclic) bond motifs is 5. The minimum Gasteiger partial charge on any atom is -0.462 e. The van der Waals surface area contributed by atoms with Gasteiger partial charge in [0.1, 0.15) is 18.3 Å². The van der Waals surface area contributed by atoms with Crippen molar-refractivity contribution in [1.82, 2.24) is 0 Å². The van der Waals surface area contributed by atoms with E-state index >= 15 is 0 Å². The lowest BCUT2D eigenvalue weighted by atomic mass is 9.47. The van der Waals surface area contributed by atoms with E-state index in [0.29, 0.717) is 23.8 Å². The number of ether oxygens (including phenoxy) is 3. The lowest BCUT2D eigenvalue weighted by molar-refractivity contribution is -0.166. The summed E-state index contributed by atoms with van der Waals surface area (Å²) in [6.07, 6.45) is 7.90. The smallest absolute Gasteiger partial charge is 0.338 e. The van der Waals surface area contributed by atoms with Crippen LogP contribution in [-0.2, 0) is 23.8 Å². The number of carbonyl (C=O) groups excluding carboxylic acids is 3. The van der Waals surface area contributed by atoms with Crippen molar-refractivity contribution < 1.29 is 28.6 Å². The van der Waals surface area contributed by atoms with E-state index < -0.39 is 0 Å². The van der Waals surface area contributed by atoms with Gasteiger partial charge in [0.15, 0.2) is 0 Å². The molecule has 36 heavy (non-hydrogen) atoms. The molecule has 1 aromatic carbocycles. The van der Waals surface area contributed by atoms with Gasteiger partial charge in [0.2, 0.25) is 0 Å². The van der Waals surface area contributed by atoms with E-state index in [9.17, 15) is 14.4 Å². The van der Waals surface area contributed by atoms with Gasteiger partial charge in [0.25, 0.3) is 0 Å². The summed E-state index contributed by atoms with van der Waals surface area (Å²) in [7, 11) is 0. The zero-order chi connectivity index (χ0) is 25.7. The molecule has 0 aliphatic heterocycles. The predicted octanol–water partition coefficient (Wildman–Crippen LogP) is 5.65.